The molecule has 0 aromatic carbocycles. The minimum atomic E-state index is -0.128. The van der Waals surface area contributed by atoms with Crippen molar-refractivity contribution in [1.82, 2.24) is 5.06 Å². The Morgan fingerprint density at radius 1 is 1.67 bits per heavy atom. The molecule has 2 heterocycles. The van der Waals surface area contributed by atoms with E-state index in [9.17, 15) is 4.79 Å². The molecule has 12 heavy (non-hydrogen) atoms. The number of esters is 1. The van der Waals surface area contributed by atoms with Gasteiger partial charge in [0.2, 0.25) is 0 Å². The highest BCUT2D eigenvalue weighted by Gasteiger charge is 2.48. The summed E-state index contributed by atoms with van der Waals surface area (Å²) < 4.78 is 5.15. The van der Waals surface area contributed by atoms with Gasteiger partial charge in [-0.3, -0.25) is 9.63 Å². The predicted molar refractivity (Wildman–Crippen MR) is 41.2 cm³/mol. The van der Waals surface area contributed by atoms with E-state index in [1.165, 1.54) is 0 Å². The Balaban J connectivity index is 2.11. The number of likely N-dealkylation sites (N-methyl/N-ethyl adjacent to an activating group) is 1. The van der Waals surface area contributed by atoms with E-state index >= 15 is 0 Å². The van der Waals surface area contributed by atoms with Crippen LogP contribution in [0.3, 0.4) is 0 Å². The molecule has 4 heteroatoms. The van der Waals surface area contributed by atoms with Crippen LogP contribution in [0.5, 0.6) is 0 Å². The van der Waals surface area contributed by atoms with Crippen molar-refractivity contribution in [2.24, 2.45) is 0 Å². The average molecular weight is 171 g/mol. The molecule has 68 valence electrons. The largest absolute Gasteiger partial charge is 0.458 e. The summed E-state index contributed by atoms with van der Waals surface area (Å²) in [5, 5.41) is 1.81. The van der Waals surface area contributed by atoms with Crippen molar-refractivity contribution >= 4 is 5.97 Å². The first-order valence-corrected chi connectivity index (χ1v) is 4.31. The summed E-state index contributed by atoms with van der Waals surface area (Å²) in [4.78, 5) is 16.4. The second kappa shape index (κ2) is 2.71. The van der Waals surface area contributed by atoms with Crippen molar-refractivity contribution in [3.05, 3.63) is 0 Å². The SMILES string of the molecule is CC[C@H]1[C@H]2OC(=O)C[C@H]2ON1C. The summed E-state index contributed by atoms with van der Waals surface area (Å²) in [6, 6.07) is 0.237. The fraction of sp³-hybridized carbons (Fsp3) is 0.875. The summed E-state index contributed by atoms with van der Waals surface area (Å²) in [7, 11) is 1.89. The van der Waals surface area contributed by atoms with Crippen molar-refractivity contribution in [2.45, 2.75) is 38.0 Å². The maximum Gasteiger partial charge on any atom is 0.309 e. The van der Waals surface area contributed by atoms with E-state index in [0.29, 0.717) is 6.42 Å². The molecule has 2 saturated heterocycles. The molecular weight excluding hydrogens is 158 g/mol. The Kier molecular flexibility index (Phi) is 1.81. The molecule has 0 aromatic heterocycles. The number of hydrogen-bond acceptors (Lipinski definition) is 4. The second-order valence-electron chi connectivity index (χ2n) is 3.32. The summed E-state index contributed by atoms with van der Waals surface area (Å²) in [6.07, 6.45) is 1.29. The van der Waals surface area contributed by atoms with Gasteiger partial charge in [-0.15, -0.1) is 0 Å². The number of hydroxylamine groups is 2. The van der Waals surface area contributed by atoms with Crippen LogP contribution in [0.2, 0.25) is 0 Å². The van der Waals surface area contributed by atoms with Crippen LogP contribution < -0.4 is 0 Å². The van der Waals surface area contributed by atoms with Gasteiger partial charge in [0.25, 0.3) is 0 Å². The van der Waals surface area contributed by atoms with Crippen LogP contribution in [0.25, 0.3) is 0 Å². The zero-order valence-corrected chi connectivity index (χ0v) is 7.32. The van der Waals surface area contributed by atoms with Crippen molar-refractivity contribution < 1.29 is 14.4 Å². The predicted octanol–water partition coefficient (Wildman–Crippen LogP) is 0.326. The molecule has 2 aliphatic rings. The van der Waals surface area contributed by atoms with Crippen molar-refractivity contribution in [2.75, 3.05) is 7.05 Å². The molecular formula is C8H13NO3. The van der Waals surface area contributed by atoms with E-state index < -0.39 is 0 Å². The van der Waals surface area contributed by atoms with Crippen LogP contribution in [-0.4, -0.2) is 36.3 Å². The first-order valence-electron chi connectivity index (χ1n) is 4.31. The van der Waals surface area contributed by atoms with Gasteiger partial charge in [0.05, 0.1) is 12.5 Å². The molecule has 2 fully saturated rings. The molecule has 0 aliphatic carbocycles. The van der Waals surface area contributed by atoms with E-state index in [1.54, 1.807) is 0 Å². The number of rotatable bonds is 1. The number of carbonyl (C=O) groups is 1. The lowest BCUT2D eigenvalue weighted by molar-refractivity contribution is -0.155. The van der Waals surface area contributed by atoms with Crippen LogP contribution in [0.1, 0.15) is 19.8 Å². The maximum absolute atomic E-state index is 10.9. The van der Waals surface area contributed by atoms with E-state index in [-0.39, 0.29) is 24.2 Å². The molecule has 0 N–H and O–H groups in total. The highest BCUT2D eigenvalue weighted by atomic mass is 16.7. The Labute approximate surface area is 71.4 Å². The molecule has 2 aliphatic heterocycles. The first kappa shape index (κ1) is 8.01. The summed E-state index contributed by atoms with van der Waals surface area (Å²) in [6.45, 7) is 2.07. The van der Waals surface area contributed by atoms with Crippen LogP contribution in [0.4, 0.5) is 0 Å². The van der Waals surface area contributed by atoms with Crippen LogP contribution in [0.15, 0.2) is 0 Å². The van der Waals surface area contributed by atoms with E-state index in [1.807, 2.05) is 12.1 Å². The molecule has 4 nitrogen and oxygen atoms in total. The lowest BCUT2D eigenvalue weighted by Gasteiger charge is -2.18. The molecule has 0 saturated carbocycles. The zero-order valence-electron chi connectivity index (χ0n) is 7.32. The third-order valence-corrected chi connectivity index (χ3v) is 2.57. The van der Waals surface area contributed by atoms with E-state index in [0.717, 1.165) is 6.42 Å². The Bertz CT molecular complexity index is 206. The molecule has 0 unspecified atom stereocenters. The minimum absolute atomic E-state index is 0.0347. The fourth-order valence-corrected chi connectivity index (χ4v) is 1.97. The van der Waals surface area contributed by atoms with E-state index in [2.05, 4.69) is 6.92 Å². The number of nitrogens with zero attached hydrogens (tertiary/aromatic N) is 1. The Morgan fingerprint density at radius 2 is 2.42 bits per heavy atom. The molecule has 3 atom stereocenters. The van der Waals surface area contributed by atoms with Crippen LogP contribution in [-0.2, 0) is 14.4 Å². The van der Waals surface area contributed by atoms with Gasteiger partial charge in [-0.25, -0.2) is 0 Å². The highest BCUT2D eigenvalue weighted by Crippen LogP contribution is 2.32. The van der Waals surface area contributed by atoms with Gasteiger partial charge in [0.15, 0.2) is 0 Å². The van der Waals surface area contributed by atoms with Crippen LogP contribution in [0, 0.1) is 0 Å². The van der Waals surface area contributed by atoms with Gasteiger partial charge in [0, 0.05) is 7.05 Å². The minimum Gasteiger partial charge on any atom is -0.458 e. The van der Waals surface area contributed by atoms with Crippen molar-refractivity contribution in [3.8, 4) is 0 Å². The second-order valence-corrected chi connectivity index (χ2v) is 3.32. The topological polar surface area (TPSA) is 38.8 Å². The van der Waals surface area contributed by atoms with E-state index in [4.69, 9.17) is 9.57 Å². The Morgan fingerprint density at radius 3 is 3.08 bits per heavy atom. The molecule has 0 bridgehead atoms. The smallest absolute Gasteiger partial charge is 0.309 e. The van der Waals surface area contributed by atoms with Crippen molar-refractivity contribution in [3.63, 3.8) is 0 Å². The molecule has 0 spiro atoms. The quantitative estimate of drug-likeness (QED) is 0.533. The van der Waals surface area contributed by atoms with Gasteiger partial charge in [0.1, 0.15) is 12.2 Å². The van der Waals surface area contributed by atoms with Gasteiger partial charge >= 0.3 is 5.97 Å². The third-order valence-electron chi connectivity index (χ3n) is 2.57. The summed E-state index contributed by atoms with van der Waals surface area (Å²) >= 11 is 0. The number of hydrogen-bond donors (Lipinski definition) is 0. The lowest BCUT2D eigenvalue weighted by atomic mass is 10.1. The summed E-state index contributed by atoms with van der Waals surface area (Å²) in [5.41, 5.74) is 0. The molecule has 0 radical (unpaired) electrons. The zero-order chi connectivity index (χ0) is 8.72. The monoisotopic (exact) mass is 171 g/mol. The summed E-state index contributed by atoms with van der Waals surface area (Å²) in [5.74, 6) is -0.128. The standard InChI is InChI=1S/C8H13NO3/c1-3-5-8-6(12-9(5)2)4-7(10)11-8/h5-6,8H,3-4H2,1-2H3/t5-,6+,8+/m0/s1. The van der Waals surface area contributed by atoms with Gasteiger partial charge < -0.3 is 4.74 Å². The normalized spacial score (nSPS) is 41.5. The number of ether oxygens (including phenoxy) is 1. The molecule has 2 rings (SSSR count). The van der Waals surface area contributed by atoms with Crippen molar-refractivity contribution in [1.29, 1.82) is 0 Å². The van der Waals surface area contributed by atoms with Gasteiger partial charge in [-0.05, 0) is 6.42 Å². The van der Waals surface area contributed by atoms with Crippen LogP contribution >= 0.6 is 0 Å². The van der Waals surface area contributed by atoms with Gasteiger partial charge in [-0.1, -0.05) is 6.92 Å². The first-order chi connectivity index (χ1) is 5.72. The molecule has 0 aromatic rings. The maximum atomic E-state index is 10.9. The molecule has 0 amide bonds. The highest BCUT2D eigenvalue weighted by molar-refractivity contribution is 5.72. The average Bonchev–Trinajstić information content (AvgIpc) is 2.43. The lowest BCUT2D eigenvalue weighted by Crippen LogP contribution is -2.33. The fourth-order valence-electron chi connectivity index (χ4n) is 1.97. The van der Waals surface area contributed by atoms with Gasteiger partial charge in [-0.2, -0.15) is 5.06 Å². The number of carbonyl (C=O) groups excluding carboxylic acids is 1. The number of fused-ring (bicyclic) bond motifs is 1. The Hall–Kier alpha value is -0.610. The third kappa shape index (κ3) is 1.03.